The van der Waals surface area contributed by atoms with Crippen molar-refractivity contribution in [3.8, 4) is 0 Å². The molecule has 15 heavy (non-hydrogen) atoms. The molecule has 2 saturated heterocycles. The van der Waals surface area contributed by atoms with Crippen LogP contribution in [0.5, 0.6) is 0 Å². The van der Waals surface area contributed by atoms with Crippen LogP contribution in [0.2, 0.25) is 0 Å². The Morgan fingerprint density at radius 1 is 1.27 bits per heavy atom. The van der Waals surface area contributed by atoms with E-state index < -0.39 is 0 Å². The lowest BCUT2D eigenvalue weighted by Gasteiger charge is -2.30. The van der Waals surface area contributed by atoms with Crippen molar-refractivity contribution in [3.05, 3.63) is 0 Å². The zero-order valence-corrected chi connectivity index (χ0v) is 10.7. The summed E-state index contributed by atoms with van der Waals surface area (Å²) in [6.07, 6.45) is 4.07. The van der Waals surface area contributed by atoms with E-state index in [1.165, 1.54) is 38.9 Å². The van der Waals surface area contributed by atoms with Gasteiger partial charge in [-0.3, -0.25) is 4.90 Å². The second-order valence-corrected chi connectivity index (χ2v) is 5.57. The molecular weight excluding hydrogens is 208 g/mol. The van der Waals surface area contributed by atoms with Crippen LogP contribution < -0.4 is 0 Å². The summed E-state index contributed by atoms with van der Waals surface area (Å²) in [4.78, 5) is 5.12. The van der Waals surface area contributed by atoms with Crippen molar-refractivity contribution >= 4 is 11.6 Å². The molecule has 0 spiro atoms. The van der Waals surface area contributed by atoms with Crippen molar-refractivity contribution in [2.45, 2.75) is 38.3 Å². The van der Waals surface area contributed by atoms with Crippen LogP contribution in [0.25, 0.3) is 0 Å². The molecule has 0 aromatic carbocycles. The van der Waals surface area contributed by atoms with Gasteiger partial charge in [-0.05, 0) is 45.3 Å². The minimum Gasteiger partial charge on any atom is -0.302 e. The van der Waals surface area contributed by atoms with Crippen LogP contribution in [-0.4, -0.2) is 54.4 Å². The highest BCUT2D eigenvalue weighted by molar-refractivity contribution is 6.18. The van der Waals surface area contributed by atoms with E-state index in [0.717, 1.165) is 17.8 Å². The van der Waals surface area contributed by atoms with Crippen LogP contribution in [0.15, 0.2) is 0 Å². The minimum atomic E-state index is 0.626. The Morgan fingerprint density at radius 3 is 2.67 bits per heavy atom. The maximum absolute atomic E-state index is 6.06. The summed E-state index contributed by atoms with van der Waals surface area (Å²) in [6, 6.07) is 1.40. The third-order valence-electron chi connectivity index (χ3n) is 4.27. The first-order valence-corrected chi connectivity index (χ1v) is 6.76. The lowest BCUT2D eigenvalue weighted by atomic mass is 10.0. The number of hydrogen-bond acceptors (Lipinski definition) is 2. The Morgan fingerprint density at radius 2 is 2.07 bits per heavy atom. The van der Waals surface area contributed by atoms with Crippen molar-refractivity contribution in [2.75, 3.05) is 32.6 Å². The number of alkyl halides is 1. The van der Waals surface area contributed by atoms with E-state index in [2.05, 4.69) is 23.8 Å². The summed E-state index contributed by atoms with van der Waals surface area (Å²) in [7, 11) is 2.26. The zero-order valence-electron chi connectivity index (χ0n) is 9.95. The fourth-order valence-electron chi connectivity index (χ4n) is 3.04. The van der Waals surface area contributed by atoms with Gasteiger partial charge in [0.05, 0.1) is 0 Å². The Kier molecular flexibility index (Phi) is 3.92. The first kappa shape index (κ1) is 11.7. The van der Waals surface area contributed by atoms with Gasteiger partial charge in [0.15, 0.2) is 0 Å². The van der Waals surface area contributed by atoms with Gasteiger partial charge >= 0.3 is 0 Å². The first-order chi connectivity index (χ1) is 7.22. The van der Waals surface area contributed by atoms with Gasteiger partial charge in [0, 0.05) is 24.5 Å². The number of halogens is 1. The van der Waals surface area contributed by atoms with Crippen molar-refractivity contribution in [1.82, 2.24) is 9.80 Å². The molecule has 0 aromatic rings. The second-order valence-electron chi connectivity index (χ2n) is 5.26. The maximum Gasteiger partial charge on any atom is 0.0382 e. The standard InChI is InChI=1S/C12H23ClN2/c1-10-5-7-15(12(10)8-13)9-11-4-3-6-14(11)2/h10-12H,3-9H2,1-2H3. The molecule has 0 bridgehead atoms. The van der Waals surface area contributed by atoms with Crippen molar-refractivity contribution in [3.63, 3.8) is 0 Å². The molecule has 0 N–H and O–H groups in total. The van der Waals surface area contributed by atoms with E-state index in [4.69, 9.17) is 11.6 Å². The second kappa shape index (κ2) is 5.03. The molecule has 88 valence electrons. The van der Waals surface area contributed by atoms with Crippen LogP contribution in [0.1, 0.15) is 26.2 Å². The van der Waals surface area contributed by atoms with Crippen LogP contribution in [-0.2, 0) is 0 Å². The highest BCUT2D eigenvalue weighted by atomic mass is 35.5. The molecule has 2 aliphatic heterocycles. The Bertz CT molecular complexity index is 210. The molecule has 3 atom stereocenters. The van der Waals surface area contributed by atoms with Gasteiger partial charge in [0.25, 0.3) is 0 Å². The monoisotopic (exact) mass is 230 g/mol. The molecule has 2 rings (SSSR count). The van der Waals surface area contributed by atoms with Gasteiger partial charge in [-0.15, -0.1) is 11.6 Å². The summed E-state index contributed by atoms with van der Waals surface area (Å²) in [5.74, 6) is 1.59. The fraction of sp³-hybridized carbons (Fsp3) is 1.00. The van der Waals surface area contributed by atoms with Gasteiger partial charge in [0.1, 0.15) is 0 Å². The van der Waals surface area contributed by atoms with E-state index in [1.807, 2.05) is 0 Å². The molecule has 0 aliphatic carbocycles. The van der Waals surface area contributed by atoms with E-state index in [0.29, 0.717) is 6.04 Å². The van der Waals surface area contributed by atoms with Crippen molar-refractivity contribution < 1.29 is 0 Å². The smallest absolute Gasteiger partial charge is 0.0382 e. The SMILES string of the molecule is CC1CCN(CC2CCCN2C)C1CCl. The summed E-state index contributed by atoms with van der Waals surface area (Å²) in [5, 5.41) is 0. The lowest BCUT2D eigenvalue weighted by Crippen LogP contribution is -2.42. The van der Waals surface area contributed by atoms with Crippen molar-refractivity contribution in [1.29, 1.82) is 0 Å². The van der Waals surface area contributed by atoms with Gasteiger partial charge in [0.2, 0.25) is 0 Å². The predicted octanol–water partition coefficient (Wildman–Crippen LogP) is 2.03. The molecule has 0 radical (unpaired) electrons. The summed E-state index contributed by atoms with van der Waals surface area (Å²) < 4.78 is 0. The minimum absolute atomic E-state index is 0.626. The van der Waals surface area contributed by atoms with Crippen LogP contribution in [0, 0.1) is 5.92 Å². The predicted molar refractivity (Wildman–Crippen MR) is 65.5 cm³/mol. The van der Waals surface area contributed by atoms with Gasteiger partial charge in [-0.2, -0.15) is 0 Å². The molecule has 0 amide bonds. The molecule has 2 nitrogen and oxygen atoms in total. The number of likely N-dealkylation sites (N-methyl/N-ethyl adjacent to an activating group) is 1. The molecule has 3 unspecified atom stereocenters. The number of nitrogens with zero attached hydrogens (tertiary/aromatic N) is 2. The Labute approximate surface area is 98.6 Å². The van der Waals surface area contributed by atoms with Crippen LogP contribution >= 0.6 is 11.6 Å². The number of hydrogen-bond donors (Lipinski definition) is 0. The first-order valence-electron chi connectivity index (χ1n) is 6.22. The quantitative estimate of drug-likeness (QED) is 0.685. The van der Waals surface area contributed by atoms with Gasteiger partial charge in [-0.25, -0.2) is 0 Å². The molecule has 0 saturated carbocycles. The number of rotatable bonds is 3. The Hall–Kier alpha value is 0.210. The molecule has 3 heteroatoms. The summed E-state index contributed by atoms with van der Waals surface area (Å²) in [6.45, 7) is 6.10. The van der Waals surface area contributed by atoms with Crippen LogP contribution in [0.3, 0.4) is 0 Å². The summed E-state index contributed by atoms with van der Waals surface area (Å²) >= 11 is 6.06. The average Bonchev–Trinajstić information content (AvgIpc) is 2.76. The lowest BCUT2D eigenvalue weighted by molar-refractivity contribution is 0.180. The van der Waals surface area contributed by atoms with Gasteiger partial charge in [-0.1, -0.05) is 6.92 Å². The average molecular weight is 231 g/mol. The third kappa shape index (κ3) is 2.48. The molecule has 0 aromatic heterocycles. The highest BCUT2D eigenvalue weighted by Crippen LogP contribution is 2.27. The third-order valence-corrected chi connectivity index (χ3v) is 4.59. The molecular formula is C12H23ClN2. The van der Waals surface area contributed by atoms with Crippen molar-refractivity contribution in [2.24, 2.45) is 5.92 Å². The summed E-state index contributed by atoms with van der Waals surface area (Å²) in [5.41, 5.74) is 0. The molecule has 2 fully saturated rings. The maximum atomic E-state index is 6.06. The van der Waals surface area contributed by atoms with Crippen LogP contribution in [0.4, 0.5) is 0 Å². The Balaban J connectivity index is 1.88. The van der Waals surface area contributed by atoms with E-state index >= 15 is 0 Å². The molecule has 2 aliphatic rings. The topological polar surface area (TPSA) is 6.48 Å². The normalized spacial score (nSPS) is 39.0. The highest BCUT2D eigenvalue weighted by Gasteiger charge is 2.33. The molecule has 2 heterocycles. The fourth-order valence-corrected chi connectivity index (χ4v) is 3.54. The van der Waals surface area contributed by atoms with Gasteiger partial charge < -0.3 is 4.90 Å². The largest absolute Gasteiger partial charge is 0.302 e. The zero-order chi connectivity index (χ0) is 10.8. The van der Waals surface area contributed by atoms with E-state index in [9.17, 15) is 0 Å². The van der Waals surface area contributed by atoms with E-state index in [-0.39, 0.29) is 0 Å². The number of likely N-dealkylation sites (tertiary alicyclic amines) is 2. The van der Waals surface area contributed by atoms with E-state index in [1.54, 1.807) is 0 Å².